The van der Waals surface area contributed by atoms with Gasteiger partial charge in [-0.25, -0.2) is 4.79 Å². The Labute approximate surface area is 138 Å². The van der Waals surface area contributed by atoms with Crippen LogP contribution >= 0.6 is 0 Å². The number of anilines is 1. The van der Waals surface area contributed by atoms with Gasteiger partial charge in [-0.1, -0.05) is 30.7 Å². The van der Waals surface area contributed by atoms with Crippen molar-refractivity contribution in [2.24, 2.45) is 0 Å². The number of allylic oxidation sites excluding steroid dienone is 3. The number of aliphatic hydroxyl groups excluding tert-OH is 1. The molecule has 1 atom stereocenters. The Morgan fingerprint density at radius 2 is 2.17 bits per heavy atom. The van der Waals surface area contributed by atoms with Crippen LogP contribution in [0.15, 0.2) is 41.6 Å². The third kappa shape index (κ3) is 4.70. The number of hydrogen-bond donors (Lipinski definition) is 3. The van der Waals surface area contributed by atoms with Gasteiger partial charge in [0.15, 0.2) is 0 Å². The Hall–Kier alpha value is -2.07. The van der Waals surface area contributed by atoms with Gasteiger partial charge in [0.05, 0.1) is 6.10 Å². The van der Waals surface area contributed by atoms with Gasteiger partial charge in [-0.3, -0.25) is 0 Å². The van der Waals surface area contributed by atoms with Crippen molar-refractivity contribution in [3.05, 3.63) is 52.7 Å². The number of aliphatic hydroxyl groups is 1. The predicted octanol–water partition coefficient (Wildman–Crippen LogP) is 3.92. The van der Waals surface area contributed by atoms with Crippen molar-refractivity contribution in [3.63, 3.8) is 0 Å². The highest BCUT2D eigenvalue weighted by Crippen LogP contribution is 2.28. The molecule has 1 unspecified atom stereocenters. The van der Waals surface area contributed by atoms with Crippen LogP contribution in [0.25, 0.3) is 0 Å². The summed E-state index contributed by atoms with van der Waals surface area (Å²) < 4.78 is 0. The maximum Gasteiger partial charge on any atom is 0.323 e. The maximum atomic E-state index is 12.3. The standard InChI is InChI=1S/C19H26N2O2/c1-4-5-8-17(13(2)3)20-19(23)21-18-9-6-7-14-10-11-15(22)12-16(14)18/h5-9,15,22H,4,10-12H2,1-3H3,(H2,20,21,23)/b8-5-. The second kappa shape index (κ2) is 7.97. The summed E-state index contributed by atoms with van der Waals surface area (Å²) in [5, 5.41) is 15.7. The number of aryl methyl sites for hydroxylation is 1. The lowest BCUT2D eigenvalue weighted by atomic mass is 9.88. The molecule has 4 heteroatoms. The third-order valence-electron chi connectivity index (χ3n) is 4.01. The van der Waals surface area contributed by atoms with Crippen molar-refractivity contribution in [2.45, 2.75) is 52.6 Å². The Morgan fingerprint density at radius 3 is 2.87 bits per heavy atom. The number of carbonyl (C=O) groups is 1. The summed E-state index contributed by atoms with van der Waals surface area (Å²) >= 11 is 0. The van der Waals surface area contributed by atoms with Crippen LogP contribution in [0.3, 0.4) is 0 Å². The van der Waals surface area contributed by atoms with E-state index in [9.17, 15) is 9.90 Å². The third-order valence-corrected chi connectivity index (χ3v) is 4.01. The molecule has 3 N–H and O–H groups in total. The molecule has 0 aromatic heterocycles. The van der Waals surface area contributed by atoms with Gasteiger partial charge in [0.25, 0.3) is 0 Å². The minimum atomic E-state index is -0.325. The molecule has 0 heterocycles. The second-order valence-electron chi connectivity index (χ2n) is 6.14. The van der Waals surface area contributed by atoms with E-state index in [0.29, 0.717) is 6.42 Å². The lowest BCUT2D eigenvalue weighted by Gasteiger charge is -2.23. The molecule has 1 aromatic rings. The Balaban J connectivity index is 2.12. The summed E-state index contributed by atoms with van der Waals surface area (Å²) in [5.74, 6) is 0. The lowest BCUT2D eigenvalue weighted by Crippen LogP contribution is -2.29. The van der Waals surface area contributed by atoms with Gasteiger partial charge in [0.1, 0.15) is 0 Å². The number of nitrogens with one attached hydrogen (secondary N) is 2. The van der Waals surface area contributed by atoms with Gasteiger partial charge in [-0.2, -0.15) is 0 Å². The fraction of sp³-hybridized carbons (Fsp3) is 0.421. The van der Waals surface area contributed by atoms with Crippen molar-refractivity contribution >= 4 is 11.7 Å². The van der Waals surface area contributed by atoms with Gasteiger partial charge in [0, 0.05) is 17.8 Å². The first-order valence-corrected chi connectivity index (χ1v) is 8.22. The van der Waals surface area contributed by atoms with Crippen LogP contribution in [0, 0.1) is 0 Å². The van der Waals surface area contributed by atoms with Crippen LogP contribution < -0.4 is 10.6 Å². The van der Waals surface area contributed by atoms with E-state index >= 15 is 0 Å². The molecule has 0 spiro atoms. The van der Waals surface area contributed by atoms with E-state index < -0.39 is 0 Å². The minimum Gasteiger partial charge on any atom is -0.393 e. The summed E-state index contributed by atoms with van der Waals surface area (Å²) in [6, 6.07) is 5.65. The van der Waals surface area contributed by atoms with E-state index in [1.54, 1.807) is 0 Å². The van der Waals surface area contributed by atoms with Crippen LogP contribution in [0.1, 0.15) is 44.7 Å². The number of benzene rings is 1. The zero-order valence-electron chi connectivity index (χ0n) is 14.1. The highest BCUT2D eigenvalue weighted by Gasteiger charge is 2.20. The first-order valence-electron chi connectivity index (χ1n) is 8.22. The number of rotatable bonds is 4. The van der Waals surface area contributed by atoms with Crippen LogP contribution in [-0.4, -0.2) is 17.2 Å². The molecule has 2 rings (SSSR count). The summed E-state index contributed by atoms with van der Waals surface area (Å²) in [6.07, 6.45) is 6.77. The van der Waals surface area contributed by atoms with Crippen molar-refractivity contribution in [1.29, 1.82) is 0 Å². The monoisotopic (exact) mass is 314 g/mol. The fourth-order valence-electron chi connectivity index (χ4n) is 2.73. The molecular formula is C19H26N2O2. The van der Waals surface area contributed by atoms with Crippen molar-refractivity contribution in [1.82, 2.24) is 5.32 Å². The summed E-state index contributed by atoms with van der Waals surface area (Å²) in [5.41, 5.74) is 4.90. The highest BCUT2D eigenvalue weighted by molar-refractivity contribution is 5.91. The van der Waals surface area contributed by atoms with Gasteiger partial charge >= 0.3 is 6.03 Å². The van der Waals surface area contributed by atoms with Crippen LogP contribution in [0.5, 0.6) is 0 Å². The molecule has 1 aromatic carbocycles. The van der Waals surface area contributed by atoms with Crippen molar-refractivity contribution < 1.29 is 9.90 Å². The quantitative estimate of drug-likeness (QED) is 0.738. The van der Waals surface area contributed by atoms with E-state index in [4.69, 9.17) is 0 Å². The Bertz CT molecular complexity index is 628. The molecule has 2 amide bonds. The molecule has 0 fully saturated rings. The molecule has 0 aliphatic heterocycles. The first kappa shape index (κ1) is 17.3. The van der Waals surface area contributed by atoms with Crippen LogP contribution in [-0.2, 0) is 12.8 Å². The average Bonchev–Trinajstić information content (AvgIpc) is 2.51. The van der Waals surface area contributed by atoms with Gasteiger partial charge in [-0.15, -0.1) is 0 Å². The number of fused-ring (bicyclic) bond motifs is 1. The summed E-state index contributed by atoms with van der Waals surface area (Å²) in [4.78, 5) is 12.3. The summed E-state index contributed by atoms with van der Waals surface area (Å²) in [6.45, 7) is 5.99. The Kier molecular flexibility index (Phi) is 5.99. The van der Waals surface area contributed by atoms with Crippen molar-refractivity contribution in [2.75, 3.05) is 5.32 Å². The molecule has 23 heavy (non-hydrogen) atoms. The maximum absolute atomic E-state index is 12.3. The molecular weight excluding hydrogens is 288 g/mol. The molecule has 0 radical (unpaired) electrons. The van der Waals surface area contributed by atoms with Crippen LogP contribution in [0.4, 0.5) is 10.5 Å². The van der Waals surface area contributed by atoms with E-state index in [-0.39, 0.29) is 12.1 Å². The number of hydrogen-bond acceptors (Lipinski definition) is 2. The smallest absolute Gasteiger partial charge is 0.323 e. The first-order chi connectivity index (χ1) is 11.0. The van der Waals surface area contributed by atoms with E-state index in [1.807, 2.05) is 38.1 Å². The SMILES string of the molecule is CC/C=C\C(NC(=O)Nc1cccc2c1CC(O)CC2)=C(C)C. The number of amides is 2. The second-order valence-corrected chi connectivity index (χ2v) is 6.14. The van der Waals surface area contributed by atoms with E-state index in [0.717, 1.165) is 41.8 Å². The van der Waals surface area contributed by atoms with E-state index in [2.05, 4.69) is 23.6 Å². The lowest BCUT2D eigenvalue weighted by molar-refractivity contribution is 0.159. The molecule has 0 saturated heterocycles. The molecule has 4 nitrogen and oxygen atoms in total. The fourth-order valence-corrected chi connectivity index (χ4v) is 2.73. The highest BCUT2D eigenvalue weighted by atomic mass is 16.3. The van der Waals surface area contributed by atoms with E-state index in [1.165, 1.54) is 5.56 Å². The average molecular weight is 314 g/mol. The zero-order chi connectivity index (χ0) is 16.8. The number of urea groups is 1. The topological polar surface area (TPSA) is 61.4 Å². The zero-order valence-corrected chi connectivity index (χ0v) is 14.1. The predicted molar refractivity (Wildman–Crippen MR) is 94.4 cm³/mol. The van der Waals surface area contributed by atoms with Crippen molar-refractivity contribution in [3.8, 4) is 0 Å². The molecule has 0 bridgehead atoms. The Morgan fingerprint density at radius 1 is 1.39 bits per heavy atom. The van der Waals surface area contributed by atoms with Gasteiger partial charge < -0.3 is 15.7 Å². The molecule has 124 valence electrons. The molecule has 1 aliphatic rings. The summed E-state index contributed by atoms with van der Waals surface area (Å²) in [7, 11) is 0. The number of carbonyl (C=O) groups excluding carboxylic acids is 1. The normalized spacial score (nSPS) is 16.8. The molecule has 1 aliphatic carbocycles. The van der Waals surface area contributed by atoms with Gasteiger partial charge in [-0.05, 0) is 56.4 Å². The molecule has 0 saturated carbocycles. The minimum absolute atomic E-state index is 0.254. The van der Waals surface area contributed by atoms with Crippen LogP contribution in [0.2, 0.25) is 0 Å². The largest absolute Gasteiger partial charge is 0.393 e. The van der Waals surface area contributed by atoms with Gasteiger partial charge in [0.2, 0.25) is 0 Å².